The fourth-order valence-corrected chi connectivity index (χ4v) is 1.27. The van der Waals surface area contributed by atoms with Crippen molar-refractivity contribution in [3.63, 3.8) is 0 Å². The fourth-order valence-electron chi connectivity index (χ4n) is 1.27. The van der Waals surface area contributed by atoms with Crippen molar-refractivity contribution in [2.45, 2.75) is 32.7 Å². The Labute approximate surface area is 80.1 Å². The predicted octanol–water partition coefficient (Wildman–Crippen LogP) is 1.95. The van der Waals surface area contributed by atoms with Crippen LogP contribution in [0.2, 0.25) is 0 Å². The van der Waals surface area contributed by atoms with Gasteiger partial charge in [0.2, 0.25) is 0 Å². The first kappa shape index (κ1) is 10.2. The SMILES string of the molecule is CC(C)(C)c1cccc(CNN)c1. The van der Waals surface area contributed by atoms with Crippen molar-refractivity contribution in [1.29, 1.82) is 0 Å². The summed E-state index contributed by atoms with van der Waals surface area (Å²) in [5.41, 5.74) is 5.45. The zero-order valence-electron chi connectivity index (χ0n) is 8.59. The van der Waals surface area contributed by atoms with E-state index in [1.165, 1.54) is 11.1 Å². The van der Waals surface area contributed by atoms with Crippen LogP contribution in [0.25, 0.3) is 0 Å². The highest BCUT2D eigenvalue weighted by Crippen LogP contribution is 2.22. The molecule has 1 rings (SSSR count). The lowest BCUT2D eigenvalue weighted by molar-refractivity contribution is 0.588. The van der Waals surface area contributed by atoms with Crippen LogP contribution < -0.4 is 11.3 Å². The molecule has 1 aromatic carbocycles. The van der Waals surface area contributed by atoms with Crippen LogP contribution in [0.15, 0.2) is 24.3 Å². The number of benzene rings is 1. The van der Waals surface area contributed by atoms with Gasteiger partial charge in [-0.25, -0.2) is 0 Å². The van der Waals surface area contributed by atoms with E-state index in [9.17, 15) is 0 Å². The molecule has 0 saturated carbocycles. The van der Waals surface area contributed by atoms with Gasteiger partial charge in [-0.3, -0.25) is 11.3 Å². The first-order chi connectivity index (χ1) is 6.04. The second-order valence-corrected chi connectivity index (χ2v) is 4.33. The largest absolute Gasteiger partial charge is 0.271 e. The Bertz CT molecular complexity index is 274. The van der Waals surface area contributed by atoms with Crippen molar-refractivity contribution in [3.8, 4) is 0 Å². The molecule has 2 heteroatoms. The van der Waals surface area contributed by atoms with Gasteiger partial charge in [0.25, 0.3) is 0 Å². The van der Waals surface area contributed by atoms with Gasteiger partial charge in [-0.05, 0) is 16.5 Å². The highest BCUT2D eigenvalue weighted by atomic mass is 15.2. The number of hydrogen-bond donors (Lipinski definition) is 2. The Balaban J connectivity index is 2.92. The minimum Gasteiger partial charge on any atom is -0.271 e. The van der Waals surface area contributed by atoms with E-state index < -0.39 is 0 Å². The van der Waals surface area contributed by atoms with Gasteiger partial charge in [0.05, 0.1) is 0 Å². The van der Waals surface area contributed by atoms with Crippen molar-refractivity contribution < 1.29 is 0 Å². The van der Waals surface area contributed by atoms with Crippen LogP contribution in [0.1, 0.15) is 31.9 Å². The minimum absolute atomic E-state index is 0.213. The van der Waals surface area contributed by atoms with Crippen LogP contribution in [0, 0.1) is 0 Å². The predicted molar refractivity (Wildman–Crippen MR) is 56.2 cm³/mol. The lowest BCUT2D eigenvalue weighted by Crippen LogP contribution is -2.21. The van der Waals surface area contributed by atoms with Gasteiger partial charge in [-0.1, -0.05) is 45.0 Å². The number of hydrogen-bond acceptors (Lipinski definition) is 2. The average Bonchev–Trinajstić information content (AvgIpc) is 2.04. The lowest BCUT2D eigenvalue weighted by Gasteiger charge is -2.19. The van der Waals surface area contributed by atoms with Crippen LogP contribution >= 0.6 is 0 Å². The van der Waals surface area contributed by atoms with Crippen molar-refractivity contribution >= 4 is 0 Å². The summed E-state index contributed by atoms with van der Waals surface area (Å²) in [5, 5.41) is 0. The molecule has 2 nitrogen and oxygen atoms in total. The molecule has 13 heavy (non-hydrogen) atoms. The quantitative estimate of drug-likeness (QED) is 0.536. The first-order valence-electron chi connectivity index (χ1n) is 4.57. The topological polar surface area (TPSA) is 38.0 Å². The molecule has 0 spiro atoms. The van der Waals surface area contributed by atoms with Crippen molar-refractivity contribution in [3.05, 3.63) is 35.4 Å². The normalized spacial score (nSPS) is 11.7. The molecule has 0 radical (unpaired) electrons. The van der Waals surface area contributed by atoms with E-state index in [1.807, 2.05) is 0 Å². The summed E-state index contributed by atoms with van der Waals surface area (Å²) >= 11 is 0. The van der Waals surface area contributed by atoms with E-state index in [0.29, 0.717) is 0 Å². The van der Waals surface area contributed by atoms with Crippen LogP contribution in [-0.4, -0.2) is 0 Å². The number of rotatable bonds is 2. The van der Waals surface area contributed by atoms with Crippen LogP contribution in [0.4, 0.5) is 0 Å². The Morgan fingerprint density at radius 3 is 2.54 bits per heavy atom. The highest BCUT2D eigenvalue weighted by molar-refractivity contribution is 5.28. The molecule has 0 unspecified atom stereocenters. The maximum atomic E-state index is 5.27. The standard InChI is InChI=1S/C11H18N2/c1-11(2,3)10-6-4-5-9(7-10)8-13-12/h4-7,13H,8,12H2,1-3H3. The third kappa shape index (κ3) is 2.83. The molecule has 72 valence electrons. The summed E-state index contributed by atoms with van der Waals surface area (Å²) in [6.07, 6.45) is 0. The molecule has 0 fully saturated rings. The molecule has 3 N–H and O–H groups in total. The van der Waals surface area contributed by atoms with Crippen molar-refractivity contribution in [2.24, 2.45) is 5.84 Å². The lowest BCUT2D eigenvalue weighted by atomic mass is 9.86. The average molecular weight is 178 g/mol. The molecule has 0 aromatic heterocycles. The maximum Gasteiger partial charge on any atom is 0.0348 e. The van der Waals surface area contributed by atoms with E-state index in [4.69, 9.17) is 5.84 Å². The molecule has 0 saturated heterocycles. The van der Waals surface area contributed by atoms with E-state index in [0.717, 1.165) is 6.54 Å². The van der Waals surface area contributed by atoms with E-state index >= 15 is 0 Å². The van der Waals surface area contributed by atoms with Crippen LogP contribution in [0.3, 0.4) is 0 Å². The molecular weight excluding hydrogens is 160 g/mol. The van der Waals surface area contributed by atoms with Crippen LogP contribution in [0.5, 0.6) is 0 Å². The van der Waals surface area contributed by atoms with Gasteiger partial charge < -0.3 is 0 Å². The van der Waals surface area contributed by atoms with Gasteiger partial charge in [-0.2, -0.15) is 0 Å². The monoisotopic (exact) mass is 178 g/mol. The molecule has 0 heterocycles. The molecule has 0 aliphatic rings. The zero-order chi connectivity index (χ0) is 9.90. The van der Waals surface area contributed by atoms with E-state index in [2.05, 4.69) is 50.5 Å². The Morgan fingerprint density at radius 1 is 1.31 bits per heavy atom. The van der Waals surface area contributed by atoms with Crippen molar-refractivity contribution in [1.82, 2.24) is 5.43 Å². The van der Waals surface area contributed by atoms with E-state index in [-0.39, 0.29) is 5.41 Å². The Hall–Kier alpha value is -0.860. The van der Waals surface area contributed by atoms with Crippen molar-refractivity contribution in [2.75, 3.05) is 0 Å². The minimum atomic E-state index is 0.213. The third-order valence-electron chi connectivity index (χ3n) is 2.10. The number of hydrazine groups is 1. The first-order valence-corrected chi connectivity index (χ1v) is 4.57. The molecular formula is C11H18N2. The summed E-state index contributed by atoms with van der Waals surface area (Å²) in [5.74, 6) is 5.27. The highest BCUT2D eigenvalue weighted by Gasteiger charge is 2.12. The second-order valence-electron chi connectivity index (χ2n) is 4.33. The van der Waals surface area contributed by atoms with Gasteiger partial charge in [0, 0.05) is 6.54 Å². The van der Waals surface area contributed by atoms with Gasteiger partial charge in [-0.15, -0.1) is 0 Å². The van der Waals surface area contributed by atoms with Gasteiger partial charge in [0.1, 0.15) is 0 Å². The summed E-state index contributed by atoms with van der Waals surface area (Å²) < 4.78 is 0. The molecule has 1 aromatic rings. The van der Waals surface area contributed by atoms with Gasteiger partial charge in [0.15, 0.2) is 0 Å². The van der Waals surface area contributed by atoms with E-state index in [1.54, 1.807) is 0 Å². The number of nitrogens with one attached hydrogen (secondary N) is 1. The van der Waals surface area contributed by atoms with Crippen LogP contribution in [-0.2, 0) is 12.0 Å². The molecule has 0 atom stereocenters. The molecule has 0 aliphatic carbocycles. The Kier molecular flexibility index (Phi) is 3.07. The third-order valence-corrected chi connectivity index (χ3v) is 2.10. The summed E-state index contributed by atoms with van der Waals surface area (Å²) in [7, 11) is 0. The fraction of sp³-hybridized carbons (Fsp3) is 0.455. The summed E-state index contributed by atoms with van der Waals surface area (Å²) in [6.45, 7) is 7.36. The zero-order valence-corrected chi connectivity index (χ0v) is 8.59. The second kappa shape index (κ2) is 3.90. The smallest absolute Gasteiger partial charge is 0.0348 e. The summed E-state index contributed by atoms with van der Waals surface area (Å²) in [6, 6.07) is 8.50. The molecule has 0 bridgehead atoms. The Morgan fingerprint density at radius 2 is 2.00 bits per heavy atom. The molecule has 0 amide bonds. The summed E-state index contributed by atoms with van der Waals surface area (Å²) in [4.78, 5) is 0. The number of nitrogens with two attached hydrogens (primary N) is 1. The maximum absolute atomic E-state index is 5.27. The molecule has 0 aliphatic heterocycles. The van der Waals surface area contributed by atoms with Gasteiger partial charge >= 0.3 is 0 Å².